The number of quaternary nitrogens is 1. The Morgan fingerprint density at radius 1 is 0.456 bits per heavy atom. The van der Waals surface area contributed by atoms with Crippen LogP contribution < -0.4 is 5.11 Å². The number of carboxylic acids is 1. The first-order valence-electron chi connectivity index (χ1n) is 27.2. The van der Waals surface area contributed by atoms with Crippen LogP contribution in [0.2, 0.25) is 0 Å². The lowest BCUT2D eigenvalue weighted by Gasteiger charge is -2.26. The quantitative estimate of drug-likeness (QED) is 0.0195. The van der Waals surface area contributed by atoms with Crippen molar-refractivity contribution in [1.82, 2.24) is 0 Å². The van der Waals surface area contributed by atoms with E-state index in [4.69, 9.17) is 18.9 Å². The van der Waals surface area contributed by atoms with Crippen molar-refractivity contribution in [2.24, 2.45) is 0 Å². The lowest BCUT2D eigenvalue weighted by atomic mass is 10.0. The van der Waals surface area contributed by atoms with Gasteiger partial charge < -0.3 is 33.3 Å². The van der Waals surface area contributed by atoms with Crippen LogP contribution in [0.3, 0.4) is 0 Å². The Hall–Kier alpha value is -3.53. The summed E-state index contributed by atoms with van der Waals surface area (Å²) in [6.45, 7) is 4.55. The molecule has 0 amide bonds. The number of hydrogen-bond donors (Lipinski definition) is 0. The largest absolute Gasteiger partial charge is 0.545 e. The summed E-state index contributed by atoms with van der Waals surface area (Å²) in [6.07, 6.45) is 62.5. The predicted octanol–water partition coefficient (Wildman–Crippen LogP) is 14.3. The predicted molar refractivity (Wildman–Crippen MR) is 283 cm³/mol. The molecule has 0 rings (SSSR count). The molecule has 0 heterocycles. The lowest BCUT2D eigenvalue weighted by Crippen LogP contribution is -2.44. The monoisotopic (exact) mass is 952 g/mol. The minimum atomic E-state index is -1.62. The van der Waals surface area contributed by atoms with Crippen LogP contribution in [0.5, 0.6) is 0 Å². The standard InChI is InChI=1S/C59H101NO8/c1-6-8-10-12-14-15-16-17-18-19-20-21-22-23-24-25-26-27-28-29-30-31-32-33-34-35-36-37-38-39-40-41-42-43-44-46-48-50-57(62)68-55(53-66-56(61)49-47-45-13-11-9-7-2)54-67-59(58(63)64)65-52-51-60(3,4)5/h8,10,14-15,17-18,20-21,23-24,26-27,29-30,55,59H,6-7,9,11-13,16,19,22,25,28,31-54H2,1-5H3/b10-8-,15-14-,18-17-,21-20-,24-23-,27-26-,30-29-. The third kappa shape index (κ3) is 50.3. The fourth-order valence-electron chi connectivity index (χ4n) is 7.22. The van der Waals surface area contributed by atoms with Gasteiger partial charge in [-0.05, 0) is 70.6 Å². The van der Waals surface area contributed by atoms with Gasteiger partial charge in [-0.1, -0.05) is 214 Å². The summed E-state index contributed by atoms with van der Waals surface area (Å²) in [4.78, 5) is 36.8. The van der Waals surface area contributed by atoms with E-state index in [2.05, 4.69) is 98.9 Å². The number of rotatable bonds is 49. The molecule has 0 saturated heterocycles. The van der Waals surface area contributed by atoms with Gasteiger partial charge in [0.05, 0.1) is 40.3 Å². The molecule has 0 aliphatic rings. The second-order valence-electron chi connectivity index (χ2n) is 19.1. The zero-order valence-corrected chi connectivity index (χ0v) is 44.2. The second-order valence-corrected chi connectivity index (χ2v) is 19.1. The van der Waals surface area contributed by atoms with Gasteiger partial charge in [0.25, 0.3) is 0 Å². The van der Waals surface area contributed by atoms with Crippen molar-refractivity contribution in [2.75, 3.05) is 47.5 Å². The van der Waals surface area contributed by atoms with Gasteiger partial charge in [0.1, 0.15) is 13.2 Å². The van der Waals surface area contributed by atoms with E-state index < -0.39 is 24.3 Å². The van der Waals surface area contributed by atoms with E-state index in [0.29, 0.717) is 17.4 Å². The maximum atomic E-state index is 12.8. The van der Waals surface area contributed by atoms with Gasteiger partial charge in [0.15, 0.2) is 12.4 Å². The molecule has 9 heteroatoms. The molecule has 0 aliphatic heterocycles. The van der Waals surface area contributed by atoms with E-state index in [-0.39, 0.29) is 38.6 Å². The van der Waals surface area contributed by atoms with Crippen LogP contribution in [0, 0.1) is 0 Å². The number of allylic oxidation sites excluding steroid dienone is 14. The zero-order valence-electron chi connectivity index (χ0n) is 44.2. The van der Waals surface area contributed by atoms with Crippen LogP contribution >= 0.6 is 0 Å². The van der Waals surface area contributed by atoms with E-state index >= 15 is 0 Å². The Labute approximate surface area is 417 Å². The van der Waals surface area contributed by atoms with Crippen LogP contribution in [0.4, 0.5) is 0 Å². The highest BCUT2D eigenvalue weighted by atomic mass is 16.7. The SMILES string of the molecule is CC/C=C\C/C=C\C/C=C\C/C=C\C/C=C\C/C=C\C/C=C\CCCCCCCCCCCCCCCCCC(=O)OC(COC(=O)CCCCCCCC)COC(OCC[N+](C)(C)C)C(=O)[O-]. The first-order chi connectivity index (χ1) is 33.1. The number of nitrogens with zero attached hydrogens (tertiary/aromatic N) is 1. The topological polar surface area (TPSA) is 111 Å². The molecule has 0 radical (unpaired) electrons. The van der Waals surface area contributed by atoms with Gasteiger partial charge >= 0.3 is 11.9 Å². The number of ether oxygens (including phenoxy) is 4. The van der Waals surface area contributed by atoms with E-state index in [1.54, 1.807) is 0 Å². The first-order valence-corrected chi connectivity index (χ1v) is 27.2. The molecular formula is C59H101NO8. The van der Waals surface area contributed by atoms with Crippen LogP contribution in [0.25, 0.3) is 0 Å². The van der Waals surface area contributed by atoms with Gasteiger partial charge in [-0.2, -0.15) is 0 Å². The molecule has 0 spiro atoms. The fourth-order valence-corrected chi connectivity index (χ4v) is 7.22. The molecule has 68 heavy (non-hydrogen) atoms. The van der Waals surface area contributed by atoms with Crippen LogP contribution in [-0.2, 0) is 33.3 Å². The number of likely N-dealkylation sites (N-methyl/N-ethyl adjacent to an activating group) is 1. The number of carbonyl (C=O) groups excluding carboxylic acids is 3. The van der Waals surface area contributed by atoms with Crippen molar-refractivity contribution in [1.29, 1.82) is 0 Å². The average molecular weight is 952 g/mol. The van der Waals surface area contributed by atoms with Crippen LogP contribution in [0.15, 0.2) is 85.1 Å². The number of carbonyl (C=O) groups is 3. The molecular weight excluding hydrogens is 851 g/mol. The lowest BCUT2D eigenvalue weighted by molar-refractivity contribution is -0.870. The zero-order chi connectivity index (χ0) is 49.9. The van der Waals surface area contributed by atoms with Crippen molar-refractivity contribution in [3.63, 3.8) is 0 Å². The smallest absolute Gasteiger partial charge is 0.306 e. The average Bonchev–Trinajstić information content (AvgIpc) is 3.30. The summed E-state index contributed by atoms with van der Waals surface area (Å²) in [5, 5.41) is 11.7. The molecule has 0 fully saturated rings. The Balaban J connectivity index is 3.96. The molecule has 0 aromatic heterocycles. The molecule has 0 aliphatic carbocycles. The molecule has 0 bridgehead atoms. The third-order valence-corrected chi connectivity index (χ3v) is 11.4. The van der Waals surface area contributed by atoms with Crippen LogP contribution in [-0.4, -0.2) is 82.3 Å². The highest BCUT2D eigenvalue weighted by molar-refractivity contribution is 5.70. The summed E-state index contributed by atoms with van der Waals surface area (Å²) in [5.74, 6) is -2.30. The van der Waals surface area contributed by atoms with Crippen molar-refractivity contribution >= 4 is 17.9 Å². The second kappa shape index (κ2) is 49.9. The van der Waals surface area contributed by atoms with Gasteiger partial charge in [0.2, 0.25) is 0 Å². The van der Waals surface area contributed by atoms with Gasteiger partial charge in [-0.25, -0.2) is 0 Å². The maximum absolute atomic E-state index is 12.8. The molecule has 2 atom stereocenters. The highest BCUT2D eigenvalue weighted by Gasteiger charge is 2.22. The minimum Gasteiger partial charge on any atom is -0.545 e. The summed E-state index contributed by atoms with van der Waals surface area (Å²) in [6, 6.07) is 0. The molecule has 0 aromatic carbocycles. The molecule has 0 aromatic rings. The molecule has 9 nitrogen and oxygen atoms in total. The maximum Gasteiger partial charge on any atom is 0.306 e. The Morgan fingerprint density at radius 3 is 1.25 bits per heavy atom. The van der Waals surface area contributed by atoms with E-state index in [0.717, 1.165) is 89.9 Å². The van der Waals surface area contributed by atoms with Crippen molar-refractivity contribution in [3.05, 3.63) is 85.1 Å². The normalized spacial score (nSPS) is 13.5. The Morgan fingerprint density at radius 2 is 0.838 bits per heavy atom. The van der Waals surface area contributed by atoms with E-state index in [9.17, 15) is 19.5 Å². The fraction of sp³-hybridized carbons (Fsp3) is 0.712. The van der Waals surface area contributed by atoms with Crippen LogP contribution in [0.1, 0.15) is 213 Å². The summed E-state index contributed by atoms with van der Waals surface area (Å²) in [7, 11) is 5.90. The highest BCUT2D eigenvalue weighted by Crippen LogP contribution is 2.15. The molecule has 2 unspecified atom stereocenters. The molecule has 390 valence electrons. The number of unbranched alkanes of at least 4 members (excludes halogenated alkanes) is 20. The molecule has 0 saturated carbocycles. The number of aliphatic carboxylic acids is 1. The number of carboxylic acid groups (broad SMARTS) is 1. The number of esters is 2. The van der Waals surface area contributed by atoms with Crippen molar-refractivity contribution < 1.29 is 42.9 Å². The van der Waals surface area contributed by atoms with Crippen molar-refractivity contribution in [3.8, 4) is 0 Å². The Kier molecular flexibility index (Phi) is 47.3. The summed E-state index contributed by atoms with van der Waals surface area (Å²) < 4.78 is 22.5. The van der Waals surface area contributed by atoms with E-state index in [1.807, 2.05) is 21.1 Å². The number of hydrogen-bond acceptors (Lipinski definition) is 8. The first kappa shape index (κ1) is 64.5. The van der Waals surface area contributed by atoms with E-state index in [1.165, 1.54) is 89.9 Å². The molecule has 0 N–H and O–H groups in total. The van der Waals surface area contributed by atoms with Gasteiger partial charge in [-0.3, -0.25) is 9.59 Å². The van der Waals surface area contributed by atoms with Gasteiger partial charge in [-0.15, -0.1) is 0 Å². The van der Waals surface area contributed by atoms with Gasteiger partial charge in [0, 0.05) is 12.8 Å². The Bertz CT molecular complexity index is 1390. The summed E-state index contributed by atoms with van der Waals surface area (Å²) >= 11 is 0. The van der Waals surface area contributed by atoms with Crippen molar-refractivity contribution in [2.45, 2.75) is 225 Å². The summed E-state index contributed by atoms with van der Waals surface area (Å²) in [5.41, 5.74) is 0. The minimum absolute atomic E-state index is 0.146. The third-order valence-electron chi connectivity index (χ3n) is 11.4.